The Morgan fingerprint density at radius 2 is 2.11 bits per heavy atom. The molecule has 0 aliphatic rings. The van der Waals surface area contributed by atoms with Gasteiger partial charge in [-0.2, -0.15) is 0 Å². The molecule has 0 atom stereocenters. The van der Waals surface area contributed by atoms with Crippen LogP contribution in [0.1, 0.15) is 5.56 Å². The first-order valence-electron chi connectivity index (χ1n) is 5.51. The molecule has 0 aromatic heterocycles. The summed E-state index contributed by atoms with van der Waals surface area (Å²) in [4.78, 5) is 11.4. The van der Waals surface area contributed by atoms with Crippen LogP contribution in [-0.4, -0.2) is 33.4 Å². The molecule has 5 nitrogen and oxygen atoms in total. The summed E-state index contributed by atoms with van der Waals surface area (Å²) in [5.41, 5.74) is 0.911. The van der Waals surface area contributed by atoms with Crippen LogP contribution in [0.2, 0.25) is 0 Å². The third kappa shape index (κ3) is 4.54. The molecular formula is C12H17BrN2O3. The molecule has 2 N–H and O–H groups in total. The Balaban J connectivity index is 2.48. The molecule has 0 saturated carbocycles. The minimum atomic E-state index is -0.228. The maximum Gasteiger partial charge on any atom is 0.315 e. The van der Waals surface area contributed by atoms with E-state index in [-0.39, 0.29) is 6.03 Å². The largest absolute Gasteiger partial charge is 0.495 e. The fourth-order valence-electron chi connectivity index (χ4n) is 1.43. The van der Waals surface area contributed by atoms with E-state index in [1.54, 1.807) is 14.2 Å². The molecule has 0 bridgehead atoms. The quantitative estimate of drug-likeness (QED) is 0.788. The lowest BCUT2D eigenvalue weighted by molar-refractivity contribution is 0.196. The highest BCUT2D eigenvalue weighted by Crippen LogP contribution is 2.28. The van der Waals surface area contributed by atoms with Crippen molar-refractivity contribution >= 4 is 22.0 Å². The summed E-state index contributed by atoms with van der Waals surface area (Å²) in [5.74, 6) is 0.731. The fraction of sp³-hybridized carbons (Fsp3) is 0.417. The summed E-state index contributed by atoms with van der Waals surface area (Å²) < 4.78 is 11.0. The number of hydrogen-bond acceptors (Lipinski definition) is 3. The van der Waals surface area contributed by atoms with E-state index in [1.807, 2.05) is 18.2 Å². The van der Waals surface area contributed by atoms with Crippen molar-refractivity contribution in [3.05, 3.63) is 28.2 Å². The molecule has 0 heterocycles. The van der Waals surface area contributed by atoms with Crippen molar-refractivity contribution < 1.29 is 14.3 Å². The number of rotatable bonds is 6. The van der Waals surface area contributed by atoms with Gasteiger partial charge in [-0.15, -0.1) is 0 Å². The van der Waals surface area contributed by atoms with Gasteiger partial charge in [0, 0.05) is 25.8 Å². The van der Waals surface area contributed by atoms with E-state index in [0.717, 1.165) is 15.8 Å². The Morgan fingerprint density at radius 1 is 1.33 bits per heavy atom. The van der Waals surface area contributed by atoms with Gasteiger partial charge < -0.3 is 20.1 Å². The fourth-order valence-corrected chi connectivity index (χ4v) is 2.00. The summed E-state index contributed by atoms with van der Waals surface area (Å²) in [6.07, 6.45) is 0. The summed E-state index contributed by atoms with van der Waals surface area (Å²) >= 11 is 3.40. The number of ether oxygens (including phenoxy) is 2. The van der Waals surface area contributed by atoms with Crippen molar-refractivity contribution in [2.45, 2.75) is 6.54 Å². The molecule has 0 aliphatic heterocycles. The summed E-state index contributed by atoms with van der Waals surface area (Å²) in [5, 5.41) is 5.43. The second-order valence-electron chi connectivity index (χ2n) is 3.53. The minimum Gasteiger partial charge on any atom is -0.495 e. The smallest absolute Gasteiger partial charge is 0.315 e. The Kier molecular flexibility index (Phi) is 6.53. The van der Waals surface area contributed by atoms with Gasteiger partial charge in [0.15, 0.2) is 0 Å². The third-order valence-electron chi connectivity index (χ3n) is 2.28. The molecule has 0 radical (unpaired) electrons. The van der Waals surface area contributed by atoms with Gasteiger partial charge in [0.1, 0.15) is 5.75 Å². The van der Waals surface area contributed by atoms with Gasteiger partial charge in [-0.25, -0.2) is 4.79 Å². The molecule has 0 aliphatic carbocycles. The van der Waals surface area contributed by atoms with Crippen LogP contribution in [0.5, 0.6) is 5.75 Å². The van der Waals surface area contributed by atoms with Gasteiger partial charge in [-0.3, -0.25) is 0 Å². The van der Waals surface area contributed by atoms with E-state index < -0.39 is 0 Å². The van der Waals surface area contributed by atoms with E-state index in [0.29, 0.717) is 19.7 Å². The molecule has 18 heavy (non-hydrogen) atoms. The number of para-hydroxylation sites is 1. The number of carbonyl (C=O) groups is 1. The first kappa shape index (κ1) is 14.8. The minimum absolute atomic E-state index is 0.228. The number of urea groups is 1. The van der Waals surface area contributed by atoms with Gasteiger partial charge in [-0.1, -0.05) is 12.1 Å². The average molecular weight is 317 g/mol. The van der Waals surface area contributed by atoms with Gasteiger partial charge in [0.05, 0.1) is 18.2 Å². The molecule has 0 saturated heterocycles. The van der Waals surface area contributed by atoms with Crippen LogP contribution in [0, 0.1) is 0 Å². The van der Waals surface area contributed by atoms with E-state index in [9.17, 15) is 4.79 Å². The van der Waals surface area contributed by atoms with Gasteiger partial charge >= 0.3 is 6.03 Å². The van der Waals surface area contributed by atoms with Crippen molar-refractivity contribution in [3.63, 3.8) is 0 Å². The van der Waals surface area contributed by atoms with Crippen LogP contribution < -0.4 is 15.4 Å². The zero-order chi connectivity index (χ0) is 13.4. The maximum absolute atomic E-state index is 11.4. The summed E-state index contributed by atoms with van der Waals surface area (Å²) in [7, 11) is 3.19. The van der Waals surface area contributed by atoms with Crippen LogP contribution in [0.3, 0.4) is 0 Å². The van der Waals surface area contributed by atoms with Crippen LogP contribution >= 0.6 is 15.9 Å². The molecule has 0 unspecified atom stereocenters. The zero-order valence-corrected chi connectivity index (χ0v) is 12.0. The monoisotopic (exact) mass is 316 g/mol. The first-order chi connectivity index (χ1) is 8.69. The SMILES string of the molecule is COCCNC(=O)NCc1cccc(Br)c1OC. The molecule has 0 fully saturated rings. The Bertz CT molecular complexity index is 399. The number of halogens is 1. The topological polar surface area (TPSA) is 59.6 Å². The molecule has 1 aromatic carbocycles. The molecule has 2 amide bonds. The van der Waals surface area contributed by atoms with Gasteiger partial charge in [0.2, 0.25) is 0 Å². The maximum atomic E-state index is 11.4. The van der Waals surface area contributed by atoms with Crippen LogP contribution in [0.15, 0.2) is 22.7 Å². The number of hydrogen-bond donors (Lipinski definition) is 2. The Labute approximate surface area is 115 Å². The zero-order valence-electron chi connectivity index (χ0n) is 10.5. The highest BCUT2D eigenvalue weighted by atomic mass is 79.9. The lowest BCUT2D eigenvalue weighted by Gasteiger charge is -2.11. The van der Waals surface area contributed by atoms with Crippen molar-refractivity contribution in [3.8, 4) is 5.75 Å². The number of methoxy groups -OCH3 is 2. The number of amides is 2. The Hall–Kier alpha value is -1.27. The van der Waals surface area contributed by atoms with E-state index >= 15 is 0 Å². The molecule has 0 spiro atoms. The van der Waals surface area contributed by atoms with Crippen molar-refractivity contribution in [2.24, 2.45) is 0 Å². The lowest BCUT2D eigenvalue weighted by atomic mass is 10.2. The van der Waals surface area contributed by atoms with Crippen molar-refractivity contribution in [1.29, 1.82) is 0 Å². The normalized spacial score (nSPS) is 9.94. The number of nitrogens with one attached hydrogen (secondary N) is 2. The van der Waals surface area contributed by atoms with Gasteiger partial charge in [0.25, 0.3) is 0 Å². The van der Waals surface area contributed by atoms with Crippen LogP contribution in [-0.2, 0) is 11.3 Å². The van der Waals surface area contributed by atoms with Crippen LogP contribution in [0.4, 0.5) is 4.79 Å². The van der Waals surface area contributed by atoms with Gasteiger partial charge in [-0.05, 0) is 22.0 Å². The second kappa shape index (κ2) is 7.94. The highest BCUT2D eigenvalue weighted by Gasteiger charge is 2.07. The summed E-state index contributed by atoms with van der Waals surface area (Å²) in [6, 6.07) is 5.46. The predicted molar refractivity (Wildman–Crippen MR) is 72.8 cm³/mol. The number of benzene rings is 1. The average Bonchev–Trinajstić information content (AvgIpc) is 2.36. The molecular weight excluding hydrogens is 300 g/mol. The molecule has 100 valence electrons. The first-order valence-corrected chi connectivity index (χ1v) is 6.30. The number of carbonyl (C=O) groups excluding carboxylic acids is 1. The van der Waals surface area contributed by atoms with Crippen molar-refractivity contribution in [1.82, 2.24) is 10.6 Å². The molecule has 1 aromatic rings. The standard InChI is InChI=1S/C12H17BrN2O3/c1-17-7-6-14-12(16)15-8-9-4-3-5-10(13)11(9)18-2/h3-5H,6-8H2,1-2H3,(H2,14,15,16). The Morgan fingerprint density at radius 3 is 2.78 bits per heavy atom. The van der Waals surface area contributed by atoms with Crippen molar-refractivity contribution in [2.75, 3.05) is 27.4 Å². The molecule has 1 rings (SSSR count). The predicted octanol–water partition coefficient (Wildman–Crippen LogP) is 1.90. The second-order valence-corrected chi connectivity index (χ2v) is 4.39. The third-order valence-corrected chi connectivity index (χ3v) is 2.91. The van der Waals surface area contributed by atoms with E-state index in [4.69, 9.17) is 9.47 Å². The highest BCUT2D eigenvalue weighted by molar-refractivity contribution is 9.10. The van der Waals surface area contributed by atoms with E-state index in [1.165, 1.54) is 0 Å². The molecule has 6 heteroatoms. The van der Waals surface area contributed by atoms with E-state index in [2.05, 4.69) is 26.6 Å². The summed E-state index contributed by atoms with van der Waals surface area (Å²) in [6.45, 7) is 1.38. The lowest BCUT2D eigenvalue weighted by Crippen LogP contribution is -2.36. The van der Waals surface area contributed by atoms with Crippen LogP contribution in [0.25, 0.3) is 0 Å².